The Balaban J connectivity index is 2.01. The third-order valence-electron chi connectivity index (χ3n) is 4.46. The van der Waals surface area contributed by atoms with Crippen LogP contribution in [0.4, 0.5) is 16.2 Å². The number of likely N-dealkylation sites (N-methyl/N-ethyl adjacent to an activating group) is 3. The van der Waals surface area contributed by atoms with E-state index >= 15 is 0 Å². The molecule has 1 saturated heterocycles. The van der Waals surface area contributed by atoms with Crippen molar-refractivity contribution in [1.82, 2.24) is 14.7 Å². The van der Waals surface area contributed by atoms with Gasteiger partial charge in [-0.1, -0.05) is 6.07 Å². The number of nitrogens with one attached hydrogen (secondary N) is 2. The van der Waals surface area contributed by atoms with Crippen molar-refractivity contribution in [3.8, 4) is 0 Å². The van der Waals surface area contributed by atoms with Gasteiger partial charge in [-0.3, -0.25) is 4.79 Å². The summed E-state index contributed by atoms with van der Waals surface area (Å²) in [6.45, 7) is 4.14. The molecule has 0 spiro atoms. The van der Waals surface area contributed by atoms with E-state index in [0.29, 0.717) is 17.9 Å². The standard InChI is InChI=1S/C18H29N5O2/c1-13-6-7-14(10-16(13)20-17(24)12-21(2)3)19-18(25)23(5)15-8-9-22(4)11-15/h6-7,10,15H,8-9,11-12H2,1-5H3,(H,19,25)(H,20,24)/t15-/m1/s1. The van der Waals surface area contributed by atoms with Gasteiger partial charge in [0.1, 0.15) is 0 Å². The van der Waals surface area contributed by atoms with Crippen LogP contribution in [0, 0.1) is 6.92 Å². The van der Waals surface area contributed by atoms with E-state index in [1.165, 1.54) is 0 Å². The summed E-state index contributed by atoms with van der Waals surface area (Å²) >= 11 is 0. The van der Waals surface area contributed by atoms with Gasteiger partial charge in [0.15, 0.2) is 0 Å². The lowest BCUT2D eigenvalue weighted by Crippen LogP contribution is -2.41. The van der Waals surface area contributed by atoms with Gasteiger partial charge in [0.25, 0.3) is 0 Å². The highest BCUT2D eigenvalue weighted by molar-refractivity contribution is 5.95. The first kappa shape index (κ1) is 19.2. The van der Waals surface area contributed by atoms with Crippen LogP contribution in [0.5, 0.6) is 0 Å². The molecule has 0 aromatic heterocycles. The highest BCUT2D eigenvalue weighted by atomic mass is 16.2. The molecule has 0 bridgehead atoms. The minimum atomic E-state index is -0.130. The van der Waals surface area contributed by atoms with E-state index in [1.54, 1.807) is 11.0 Å². The molecule has 7 nitrogen and oxygen atoms in total. The summed E-state index contributed by atoms with van der Waals surface area (Å²) in [5.74, 6) is -0.0808. The second-order valence-electron chi connectivity index (χ2n) is 7.06. The van der Waals surface area contributed by atoms with Gasteiger partial charge in [0.05, 0.1) is 6.54 Å². The quantitative estimate of drug-likeness (QED) is 0.850. The average Bonchev–Trinajstić information content (AvgIpc) is 2.95. The number of hydrogen-bond donors (Lipinski definition) is 2. The van der Waals surface area contributed by atoms with E-state index in [2.05, 4.69) is 22.6 Å². The van der Waals surface area contributed by atoms with Gasteiger partial charge in [0.2, 0.25) is 5.91 Å². The number of hydrogen-bond acceptors (Lipinski definition) is 4. The molecule has 0 unspecified atom stereocenters. The van der Waals surface area contributed by atoms with Gasteiger partial charge < -0.3 is 25.3 Å². The zero-order valence-corrected chi connectivity index (χ0v) is 15.8. The molecule has 1 atom stereocenters. The maximum atomic E-state index is 12.5. The maximum Gasteiger partial charge on any atom is 0.321 e. The van der Waals surface area contributed by atoms with Crippen LogP contribution in [0.2, 0.25) is 0 Å². The van der Waals surface area contributed by atoms with Crippen LogP contribution < -0.4 is 10.6 Å². The maximum absolute atomic E-state index is 12.5. The zero-order chi connectivity index (χ0) is 18.6. The van der Waals surface area contributed by atoms with E-state index in [4.69, 9.17) is 0 Å². The van der Waals surface area contributed by atoms with Crippen LogP contribution >= 0.6 is 0 Å². The Morgan fingerprint density at radius 3 is 2.56 bits per heavy atom. The van der Waals surface area contributed by atoms with Gasteiger partial charge in [0, 0.05) is 31.0 Å². The van der Waals surface area contributed by atoms with Gasteiger partial charge in [-0.15, -0.1) is 0 Å². The number of rotatable bonds is 5. The summed E-state index contributed by atoms with van der Waals surface area (Å²) in [6, 6.07) is 5.65. The Morgan fingerprint density at radius 2 is 1.96 bits per heavy atom. The molecule has 138 valence electrons. The summed E-state index contributed by atoms with van der Waals surface area (Å²) in [5, 5.41) is 5.81. The molecule has 1 fully saturated rings. The predicted octanol–water partition coefficient (Wildman–Crippen LogP) is 1.66. The lowest BCUT2D eigenvalue weighted by Gasteiger charge is -2.25. The number of likely N-dealkylation sites (tertiary alicyclic amines) is 1. The van der Waals surface area contributed by atoms with Crippen LogP contribution in [0.1, 0.15) is 12.0 Å². The predicted molar refractivity (Wildman–Crippen MR) is 101 cm³/mol. The van der Waals surface area contributed by atoms with Crippen molar-refractivity contribution in [3.05, 3.63) is 23.8 Å². The van der Waals surface area contributed by atoms with E-state index in [0.717, 1.165) is 25.1 Å². The van der Waals surface area contributed by atoms with Crippen molar-refractivity contribution in [2.24, 2.45) is 0 Å². The second kappa shape index (κ2) is 8.31. The molecule has 25 heavy (non-hydrogen) atoms. The van der Waals surface area contributed by atoms with Crippen LogP contribution in [-0.4, -0.2) is 80.5 Å². The van der Waals surface area contributed by atoms with Crippen molar-refractivity contribution >= 4 is 23.3 Å². The number of aryl methyl sites for hydroxylation is 1. The Labute approximate surface area is 150 Å². The van der Waals surface area contributed by atoms with E-state index in [-0.39, 0.29) is 18.0 Å². The molecule has 1 aliphatic rings. The molecule has 2 N–H and O–H groups in total. The Hall–Kier alpha value is -2.12. The van der Waals surface area contributed by atoms with Crippen molar-refractivity contribution in [2.45, 2.75) is 19.4 Å². The molecule has 0 saturated carbocycles. The first-order valence-corrected chi connectivity index (χ1v) is 8.54. The first-order valence-electron chi connectivity index (χ1n) is 8.54. The van der Waals surface area contributed by atoms with Gasteiger partial charge in [-0.05, 0) is 58.7 Å². The van der Waals surface area contributed by atoms with Crippen molar-refractivity contribution < 1.29 is 9.59 Å². The minimum Gasteiger partial charge on any atom is -0.325 e. The van der Waals surface area contributed by atoms with Crippen LogP contribution in [0.3, 0.4) is 0 Å². The highest BCUT2D eigenvalue weighted by Crippen LogP contribution is 2.21. The Morgan fingerprint density at radius 1 is 1.24 bits per heavy atom. The fourth-order valence-electron chi connectivity index (χ4n) is 2.92. The molecule has 3 amide bonds. The molecule has 2 rings (SSSR count). The number of urea groups is 1. The van der Waals surface area contributed by atoms with Crippen LogP contribution in [-0.2, 0) is 4.79 Å². The topological polar surface area (TPSA) is 67.9 Å². The second-order valence-corrected chi connectivity index (χ2v) is 7.06. The molecular formula is C18H29N5O2. The summed E-state index contributed by atoms with van der Waals surface area (Å²) < 4.78 is 0. The van der Waals surface area contributed by atoms with Crippen molar-refractivity contribution in [2.75, 3.05) is 58.5 Å². The third-order valence-corrected chi connectivity index (χ3v) is 4.46. The van der Waals surface area contributed by atoms with E-state index < -0.39 is 0 Å². The number of anilines is 2. The van der Waals surface area contributed by atoms with Gasteiger partial charge in [-0.2, -0.15) is 0 Å². The molecule has 7 heteroatoms. The molecule has 1 aromatic carbocycles. The summed E-state index contributed by atoms with van der Waals surface area (Å²) in [4.78, 5) is 30.2. The molecule has 1 aliphatic heterocycles. The highest BCUT2D eigenvalue weighted by Gasteiger charge is 2.26. The average molecular weight is 347 g/mol. The van der Waals surface area contributed by atoms with Crippen LogP contribution in [0.15, 0.2) is 18.2 Å². The molecule has 1 aromatic rings. The Bertz CT molecular complexity index is 632. The number of carbonyl (C=O) groups is 2. The number of carbonyl (C=O) groups excluding carboxylic acids is 2. The van der Waals surface area contributed by atoms with E-state index in [9.17, 15) is 9.59 Å². The molecular weight excluding hydrogens is 318 g/mol. The fraction of sp³-hybridized carbons (Fsp3) is 0.556. The van der Waals surface area contributed by atoms with Gasteiger partial charge in [-0.25, -0.2) is 4.79 Å². The SMILES string of the molecule is Cc1ccc(NC(=O)N(C)[C@@H]2CCN(C)C2)cc1NC(=O)CN(C)C. The van der Waals surface area contributed by atoms with Crippen molar-refractivity contribution in [1.29, 1.82) is 0 Å². The van der Waals surface area contributed by atoms with Crippen LogP contribution in [0.25, 0.3) is 0 Å². The van der Waals surface area contributed by atoms with Crippen molar-refractivity contribution in [3.63, 3.8) is 0 Å². The molecule has 1 heterocycles. The first-order chi connectivity index (χ1) is 11.8. The van der Waals surface area contributed by atoms with E-state index in [1.807, 2.05) is 45.1 Å². The zero-order valence-electron chi connectivity index (χ0n) is 15.8. The molecule has 0 aliphatic carbocycles. The largest absolute Gasteiger partial charge is 0.325 e. The third kappa shape index (κ3) is 5.44. The summed E-state index contributed by atoms with van der Waals surface area (Å²) in [5.41, 5.74) is 2.35. The minimum absolute atomic E-state index is 0.0808. The smallest absolute Gasteiger partial charge is 0.321 e. The lowest BCUT2D eigenvalue weighted by atomic mass is 10.1. The summed E-state index contributed by atoms with van der Waals surface area (Å²) in [7, 11) is 7.58. The monoisotopic (exact) mass is 347 g/mol. The summed E-state index contributed by atoms with van der Waals surface area (Å²) in [6.07, 6.45) is 0.986. The molecule has 0 radical (unpaired) electrons. The lowest BCUT2D eigenvalue weighted by molar-refractivity contribution is -0.116. The number of benzene rings is 1. The number of amides is 3. The van der Waals surface area contributed by atoms with Gasteiger partial charge >= 0.3 is 6.03 Å². The fourth-order valence-corrected chi connectivity index (χ4v) is 2.92. The normalized spacial score (nSPS) is 17.6. The number of nitrogens with zero attached hydrogens (tertiary/aromatic N) is 3. The Kier molecular flexibility index (Phi) is 6.39.